The van der Waals surface area contributed by atoms with Gasteiger partial charge in [0.25, 0.3) is 0 Å². The maximum Gasteiger partial charge on any atom is 0.573 e. The number of nitrogens with zero attached hydrogens (tertiary/aromatic N) is 1. The molecule has 0 aliphatic rings. The van der Waals surface area contributed by atoms with Crippen LogP contribution in [0.3, 0.4) is 0 Å². The average molecular weight is 353 g/mol. The molecule has 0 aromatic heterocycles. The Bertz CT molecular complexity index is 716. The first-order valence-corrected chi connectivity index (χ1v) is 7.40. The van der Waals surface area contributed by atoms with Crippen LogP contribution in [-0.4, -0.2) is 26.5 Å². The Balaban J connectivity index is 1.88. The third-order valence-electron chi connectivity index (χ3n) is 3.23. The number of benzene rings is 2. The van der Waals surface area contributed by atoms with E-state index in [0.29, 0.717) is 11.3 Å². The van der Waals surface area contributed by atoms with Crippen molar-refractivity contribution < 1.29 is 22.7 Å². The molecule has 0 radical (unpaired) electrons. The van der Waals surface area contributed by atoms with Gasteiger partial charge < -0.3 is 20.3 Å². The van der Waals surface area contributed by atoms with Crippen molar-refractivity contribution in [3.63, 3.8) is 0 Å². The van der Waals surface area contributed by atoms with Gasteiger partial charge in [0.2, 0.25) is 0 Å². The molecular formula is C17H18F3N3O2. The van der Waals surface area contributed by atoms with E-state index >= 15 is 0 Å². The summed E-state index contributed by atoms with van der Waals surface area (Å²) in [5.41, 5.74) is 2.09. The standard InChI is InChI=1S/C17H18F3N3O2/c1-23(2)14-8-6-13(7-9-14)22-16(24)21-11-12-4-3-5-15(10-12)25-17(18,19)20/h3-10H,11H2,1-2H3,(H2,21,22,24). The lowest BCUT2D eigenvalue weighted by Crippen LogP contribution is -2.28. The number of amides is 2. The van der Waals surface area contributed by atoms with Crippen molar-refractivity contribution in [2.24, 2.45) is 0 Å². The van der Waals surface area contributed by atoms with Crippen molar-refractivity contribution in [1.29, 1.82) is 0 Å². The van der Waals surface area contributed by atoms with Crippen LogP contribution in [0.25, 0.3) is 0 Å². The van der Waals surface area contributed by atoms with Crippen LogP contribution in [0.2, 0.25) is 0 Å². The molecule has 2 aromatic carbocycles. The molecule has 0 aliphatic heterocycles. The lowest BCUT2D eigenvalue weighted by atomic mass is 10.2. The molecule has 5 nitrogen and oxygen atoms in total. The van der Waals surface area contributed by atoms with Crippen LogP contribution in [0.4, 0.5) is 29.3 Å². The number of hydrogen-bond acceptors (Lipinski definition) is 3. The zero-order valence-electron chi connectivity index (χ0n) is 13.7. The van der Waals surface area contributed by atoms with E-state index < -0.39 is 12.4 Å². The van der Waals surface area contributed by atoms with E-state index in [1.807, 2.05) is 31.1 Å². The summed E-state index contributed by atoms with van der Waals surface area (Å²) in [5.74, 6) is -0.327. The molecule has 25 heavy (non-hydrogen) atoms. The van der Waals surface area contributed by atoms with Gasteiger partial charge in [-0.2, -0.15) is 0 Å². The zero-order valence-corrected chi connectivity index (χ0v) is 13.7. The molecule has 0 atom stereocenters. The molecular weight excluding hydrogens is 335 g/mol. The van der Waals surface area contributed by atoms with Gasteiger partial charge in [0, 0.05) is 32.0 Å². The van der Waals surface area contributed by atoms with E-state index in [0.717, 1.165) is 5.69 Å². The number of hydrogen-bond donors (Lipinski definition) is 2. The number of ether oxygens (including phenoxy) is 1. The first-order chi connectivity index (χ1) is 11.7. The van der Waals surface area contributed by atoms with E-state index in [1.54, 1.807) is 18.2 Å². The normalized spacial score (nSPS) is 10.9. The van der Waals surface area contributed by atoms with Crippen molar-refractivity contribution in [1.82, 2.24) is 5.32 Å². The molecule has 2 amide bonds. The molecule has 0 bridgehead atoms. The largest absolute Gasteiger partial charge is 0.573 e. The number of carbonyl (C=O) groups excluding carboxylic acids is 1. The summed E-state index contributed by atoms with van der Waals surface area (Å²) in [6, 6.07) is 12.2. The van der Waals surface area contributed by atoms with Crippen molar-refractivity contribution in [2.75, 3.05) is 24.3 Å². The van der Waals surface area contributed by atoms with Gasteiger partial charge in [-0.05, 0) is 42.0 Å². The minimum Gasteiger partial charge on any atom is -0.406 e. The fourth-order valence-corrected chi connectivity index (χ4v) is 2.05. The van der Waals surface area contributed by atoms with E-state index in [2.05, 4.69) is 15.4 Å². The second kappa shape index (κ2) is 7.78. The van der Waals surface area contributed by atoms with Gasteiger partial charge in [0.15, 0.2) is 0 Å². The second-order valence-electron chi connectivity index (χ2n) is 5.44. The van der Waals surface area contributed by atoms with Crippen molar-refractivity contribution in [3.8, 4) is 5.75 Å². The predicted molar refractivity (Wildman–Crippen MR) is 89.8 cm³/mol. The first-order valence-electron chi connectivity index (χ1n) is 7.40. The van der Waals surface area contributed by atoms with Crippen LogP contribution in [0.15, 0.2) is 48.5 Å². The lowest BCUT2D eigenvalue weighted by molar-refractivity contribution is -0.274. The quantitative estimate of drug-likeness (QED) is 0.855. The number of carbonyl (C=O) groups is 1. The topological polar surface area (TPSA) is 53.6 Å². The number of anilines is 2. The number of nitrogens with one attached hydrogen (secondary N) is 2. The lowest BCUT2D eigenvalue weighted by Gasteiger charge is -2.13. The van der Waals surface area contributed by atoms with Gasteiger partial charge in [-0.3, -0.25) is 0 Å². The summed E-state index contributed by atoms with van der Waals surface area (Å²) >= 11 is 0. The third-order valence-corrected chi connectivity index (χ3v) is 3.23. The van der Waals surface area contributed by atoms with E-state index in [1.165, 1.54) is 18.2 Å². The van der Waals surface area contributed by atoms with Gasteiger partial charge in [0.1, 0.15) is 5.75 Å². The van der Waals surface area contributed by atoms with Gasteiger partial charge in [-0.25, -0.2) is 4.79 Å². The summed E-state index contributed by atoms with van der Waals surface area (Å²) in [4.78, 5) is 13.8. The zero-order chi connectivity index (χ0) is 18.4. The highest BCUT2D eigenvalue weighted by Crippen LogP contribution is 2.23. The summed E-state index contributed by atoms with van der Waals surface area (Å²) in [7, 11) is 3.82. The fraction of sp³-hybridized carbons (Fsp3) is 0.235. The van der Waals surface area contributed by atoms with Crippen LogP contribution in [0, 0.1) is 0 Å². The molecule has 0 saturated heterocycles. The molecule has 8 heteroatoms. The molecule has 2 aromatic rings. The Hall–Kier alpha value is -2.90. The summed E-state index contributed by atoms with van der Waals surface area (Å²) in [6.45, 7) is 0.0661. The van der Waals surface area contributed by atoms with Crippen molar-refractivity contribution in [2.45, 2.75) is 12.9 Å². The molecule has 0 spiro atoms. The molecule has 0 fully saturated rings. The SMILES string of the molecule is CN(C)c1ccc(NC(=O)NCc2cccc(OC(F)(F)F)c2)cc1. The summed E-state index contributed by atoms with van der Waals surface area (Å²) in [5, 5.41) is 5.23. The van der Waals surface area contributed by atoms with Crippen LogP contribution >= 0.6 is 0 Å². The Morgan fingerprint density at radius 2 is 1.80 bits per heavy atom. The Morgan fingerprint density at radius 3 is 2.40 bits per heavy atom. The van der Waals surface area contributed by atoms with Crippen molar-refractivity contribution in [3.05, 3.63) is 54.1 Å². The molecule has 2 N–H and O–H groups in total. The highest BCUT2D eigenvalue weighted by atomic mass is 19.4. The Morgan fingerprint density at radius 1 is 1.12 bits per heavy atom. The van der Waals surface area contributed by atoms with Crippen LogP contribution in [0.5, 0.6) is 5.75 Å². The smallest absolute Gasteiger partial charge is 0.406 e. The van der Waals surface area contributed by atoms with Gasteiger partial charge in [0.05, 0.1) is 0 Å². The Kier molecular flexibility index (Phi) is 5.74. The summed E-state index contributed by atoms with van der Waals surface area (Å²) in [6.07, 6.45) is -4.75. The maximum atomic E-state index is 12.2. The maximum absolute atomic E-state index is 12.2. The fourth-order valence-electron chi connectivity index (χ4n) is 2.05. The number of rotatable bonds is 5. The molecule has 0 unspecified atom stereocenters. The highest BCUT2D eigenvalue weighted by Gasteiger charge is 2.31. The van der Waals surface area contributed by atoms with Gasteiger partial charge >= 0.3 is 12.4 Å². The monoisotopic (exact) mass is 353 g/mol. The van der Waals surface area contributed by atoms with E-state index in [9.17, 15) is 18.0 Å². The number of urea groups is 1. The van der Waals surface area contributed by atoms with Crippen LogP contribution in [-0.2, 0) is 6.54 Å². The van der Waals surface area contributed by atoms with E-state index in [4.69, 9.17) is 0 Å². The molecule has 134 valence electrons. The first kappa shape index (κ1) is 18.4. The number of alkyl halides is 3. The van der Waals surface area contributed by atoms with Gasteiger partial charge in [-0.1, -0.05) is 12.1 Å². The van der Waals surface area contributed by atoms with Crippen LogP contribution in [0.1, 0.15) is 5.56 Å². The second-order valence-corrected chi connectivity index (χ2v) is 5.44. The van der Waals surface area contributed by atoms with E-state index in [-0.39, 0.29) is 12.3 Å². The Labute approximate surface area is 143 Å². The average Bonchev–Trinajstić information content (AvgIpc) is 2.52. The highest BCUT2D eigenvalue weighted by molar-refractivity contribution is 5.89. The minimum atomic E-state index is -4.75. The number of halogens is 3. The minimum absolute atomic E-state index is 0.0661. The van der Waals surface area contributed by atoms with Crippen LogP contribution < -0.4 is 20.3 Å². The molecule has 0 aliphatic carbocycles. The van der Waals surface area contributed by atoms with Gasteiger partial charge in [-0.15, -0.1) is 13.2 Å². The third kappa shape index (κ3) is 6.25. The molecule has 0 saturated carbocycles. The molecule has 2 rings (SSSR count). The predicted octanol–water partition coefficient (Wildman–Crippen LogP) is 3.97. The molecule has 0 heterocycles. The summed E-state index contributed by atoms with van der Waals surface area (Å²) < 4.78 is 40.5. The van der Waals surface area contributed by atoms with Crippen molar-refractivity contribution >= 4 is 17.4 Å².